The molecule has 0 atom stereocenters. The highest BCUT2D eigenvalue weighted by molar-refractivity contribution is 5.90. The van der Waals surface area contributed by atoms with E-state index in [0.717, 1.165) is 0 Å². The zero-order valence-electron chi connectivity index (χ0n) is 8.18. The van der Waals surface area contributed by atoms with Crippen molar-refractivity contribution < 1.29 is 14.6 Å². The van der Waals surface area contributed by atoms with Gasteiger partial charge in [0.2, 0.25) is 0 Å². The molecule has 6 nitrogen and oxygen atoms in total. The highest BCUT2D eigenvalue weighted by Gasteiger charge is 2.13. The van der Waals surface area contributed by atoms with Crippen molar-refractivity contribution in [1.82, 2.24) is 10.2 Å². The number of hydrogen-bond donors (Lipinski definition) is 3. The maximum atomic E-state index is 11.5. The Bertz CT molecular complexity index is 522. The number of para-hydroxylation sites is 2. The molecule has 0 saturated carbocycles. The molecular weight excluding hydrogens is 210 g/mol. The Morgan fingerprint density at radius 2 is 2.19 bits per heavy atom. The number of rotatable bonds is 2. The molecule has 82 valence electrons. The minimum absolute atomic E-state index is 0.0840. The van der Waals surface area contributed by atoms with Gasteiger partial charge >= 0.3 is 5.97 Å². The molecule has 16 heavy (non-hydrogen) atoms. The van der Waals surface area contributed by atoms with Crippen molar-refractivity contribution in [3.63, 3.8) is 0 Å². The average molecular weight is 219 g/mol. The van der Waals surface area contributed by atoms with Crippen LogP contribution < -0.4 is 10.5 Å². The summed E-state index contributed by atoms with van der Waals surface area (Å²) in [4.78, 5) is 11.5. The quantitative estimate of drug-likeness (QED) is 0.515. The molecule has 0 aliphatic heterocycles. The zero-order valence-corrected chi connectivity index (χ0v) is 8.18. The molecule has 1 heterocycles. The topological polar surface area (TPSA) is 101 Å². The van der Waals surface area contributed by atoms with Crippen molar-refractivity contribution in [3.05, 3.63) is 36.0 Å². The maximum absolute atomic E-state index is 11.5. The van der Waals surface area contributed by atoms with Crippen molar-refractivity contribution in [3.8, 4) is 11.5 Å². The Labute approximate surface area is 90.7 Å². The van der Waals surface area contributed by atoms with Crippen LogP contribution in [-0.4, -0.2) is 21.3 Å². The van der Waals surface area contributed by atoms with Crippen molar-refractivity contribution in [2.45, 2.75) is 0 Å². The summed E-state index contributed by atoms with van der Waals surface area (Å²) in [7, 11) is 0. The third kappa shape index (κ3) is 1.95. The van der Waals surface area contributed by atoms with Crippen LogP contribution in [0.3, 0.4) is 0 Å². The number of nitrogen functional groups attached to an aromatic ring is 1. The number of hydrogen-bond acceptors (Lipinski definition) is 5. The molecule has 0 amide bonds. The first-order chi connectivity index (χ1) is 7.66. The van der Waals surface area contributed by atoms with E-state index < -0.39 is 5.97 Å². The number of nitrogens with one attached hydrogen (secondary N) is 1. The van der Waals surface area contributed by atoms with E-state index in [9.17, 15) is 9.90 Å². The van der Waals surface area contributed by atoms with E-state index in [1.54, 1.807) is 12.1 Å². The third-order valence-corrected chi connectivity index (χ3v) is 1.89. The smallest absolute Gasteiger partial charge is 0.361 e. The first-order valence-corrected chi connectivity index (χ1v) is 4.48. The lowest BCUT2D eigenvalue weighted by atomic mass is 10.3. The normalized spacial score (nSPS) is 10.0. The number of carbonyl (C=O) groups is 1. The van der Waals surface area contributed by atoms with Gasteiger partial charge in [0, 0.05) is 6.07 Å². The highest BCUT2D eigenvalue weighted by Crippen LogP contribution is 2.25. The van der Waals surface area contributed by atoms with Crippen LogP contribution in [0.15, 0.2) is 30.3 Å². The molecule has 2 rings (SSSR count). The third-order valence-electron chi connectivity index (χ3n) is 1.89. The summed E-state index contributed by atoms with van der Waals surface area (Å²) in [6.07, 6.45) is 0. The predicted molar refractivity (Wildman–Crippen MR) is 56.1 cm³/mol. The second-order valence-corrected chi connectivity index (χ2v) is 3.06. The van der Waals surface area contributed by atoms with Gasteiger partial charge in [-0.1, -0.05) is 12.1 Å². The lowest BCUT2D eigenvalue weighted by molar-refractivity contribution is 0.0723. The lowest BCUT2D eigenvalue weighted by Gasteiger charge is -2.03. The molecule has 4 N–H and O–H groups in total. The Kier molecular flexibility index (Phi) is 2.47. The Morgan fingerprint density at radius 1 is 1.44 bits per heavy atom. The van der Waals surface area contributed by atoms with Gasteiger partial charge in [-0.2, -0.15) is 5.10 Å². The monoisotopic (exact) mass is 219 g/mol. The predicted octanol–water partition coefficient (Wildman–Crippen LogP) is 0.917. The molecule has 0 aliphatic carbocycles. The minimum atomic E-state index is -0.661. The summed E-state index contributed by atoms with van der Waals surface area (Å²) in [6, 6.07) is 7.52. The summed E-state index contributed by atoms with van der Waals surface area (Å²) in [6.45, 7) is 0. The van der Waals surface area contributed by atoms with Crippen LogP contribution in [0.5, 0.6) is 11.5 Å². The molecule has 0 fully saturated rings. The van der Waals surface area contributed by atoms with E-state index in [1.807, 2.05) is 0 Å². The summed E-state index contributed by atoms with van der Waals surface area (Å²) < 4.78 is 4.93. The molecule has 0 radical (unpaired) electrons. The second kappa shape index (κ2) is 3.93. The van der Waals surface area contributed by atoms with Gasteiger partial charge in [-0.15, -0.1) is 0 Å². The van der Waals surface area contributed by atoms with Crippen LogP contribution in [0.25, 0.3) is 0 Å². The second-order valence-electron chi connectivity index (χ2n) is 3.06. The number of benzene rings is 1. The Balaban J connectivity index is 2.17. The van der Waals surface area contributed by atoms with E-state index in [-0.39, 0.29) is 23.0 Å². The molecule has 1 aromatic heterocycles. The van der Waals surface area contributed by atoms with Crippen LogP contribution in [0, 0.1) is 0 Å². The maximum Gasteiger partial charge on any atom is 0.361 e. The number of nitrogens with zero attached hydrogens (tertiary/aromatic N) is 1. The van der Waals surface area contributed by atoms with E-state index in [1.165, 1.54) is 18.2 Å². The molecule has 0 aliphatic rings. The summed E-state index contributed by atoms with van der Waals surface area (Å²) in [5.41, 5.74) is 5.47. The lowest BCUT2D eigenvalue weighted by Crippen LogP contribution is -2.08. The number of anilines is 1. The first-order valence-electron chi connectivity index (χ1n) is 4.48. The number of aromatic hydroxyl groups is 1. The zero-order chi connectivity index (χ0) is 11.5. The Morgan fingerprint density at radius 3 is 2.81 bits per heavy atom. The number of phenols is 1. The average Bonchev–Trinajstić information content (AvgIpc) is 2.68. The van der Waals surface area contributed by atoms with Crippen molar-refractivity contribution in [2.24, 2.45) is 0 Å². The van der Waals surface area contributed by atoms with E-state index in [0.29, 0.717) is 0 Å². The summed E-state index contributed by atoms with van der Waals surface area (Å²) >= 11 is 0. The van der Waals surface area contributed by atoms with E-state index in [4.69, 9.17) is 10.5 Å². The molecule has 0 bridgehead atoms. The van der Waals surface area contributed by atoms with Crippen LogP contribution in [0.4, 0.5) is 5.82 Å². The first kappa shape index (κ1) is 10.0. The van der Waals surface area contributed by atoms with Gasteiger partial charge in [-0.05, 0) is 12.1 Å². The standard InChI is InChI=1S/C10H9N3O3/c11-9-5-6(12-13-9)10(15)16-8-4-2-1-3-7(8)14/h1-5,14H,(H3,11,12,13). The van der Waals surface area contributed by atoms with Gasteiger partial charge in [0.15, 0.2) is 11.5 Å². The molecule has 2 aromatic rings. The number of phenolic OH excluding ortho intramolecular Hbond substituents is 1. The fourth-order valence-corrected chi connectivity index (χ4v) is 1.14. The number of carbonyl (C=O) groups excluding carboxylic acids is 1. The number of H-pyrrole nitrogens is 1. The van der Waals surface area contributed by atoms with Crippen LogP contribution in [-0.2, 0) is 0 Å². The molecule has 6 heteroatoms. The van der Waals surface area contributed by atoms with Crippen LogP contribution in [0.1, 0.15) is 10.5 Å². The summed E-state index contributed by atoms with van der Waals surface area (Å²) in [5.74, 6) is -0.487. The van der Waals surface area contributed by atoms with Gasteiger partial charge in [-0.25, -0.2) is 4.79 Å². The SMILES string of the molecule is Nc1cc(C(=O)Oc2ccccc2O)[nH]n1. The van der Waals surface area contributed by atoms with Crippen molar-refractivity contribution in [1.29, 1.82) is 0 Å². The summed E-state index contributed by atoms with van der Waals surface area (Å²) in [5, 5.41) is 15.4. The Hall–Kier alpha value is -2.50. The van der Waals surface area contributed by atoms with E-state index >= 15 is 0 Å². The van der Waals surface area contributed by atoms with Crippen LogP contribution >= 0.6 is 0 Å². The molecule has 1 aromatic carbocycles. The van der Waals surface area contributed by atoms with Crippen LogP contribution in [0.2, 0.25) is 0 Å². The van der Waals surface area contributed by atoms with Gasteiger partial charge in [-0.3, -0.25) is 5.10 Å². The number of nitrogens with two attached hydrogens (primary N) is 1. The number of aromatic amines is 1. The molecule has 0 saturated heterocycles. The molecular formula is C10H9N3O3. The molecule has 0 spiro atoms. The largest absolute Gasteiger partial charge is 0.504 e. The minimum Gasteiger partial charge on any atom is -0.504 e. The number of esters is 1. The number of ether oxygens (including phenoxy) is 1. The fraction of sp³-hybridized carbons (Fsp3) is 0. The fourth-order valence-electron chi connectivity index (χ4n) is 1.14. The van der Waals surface area contributed by atoms with Crippen molar-refractivity contribution in [2.75, 3.05) is 5.73 Å². The highest BCUT2D eigenvalue weighted by atomic mass is 16.5. The molecule has 0 unspecified atom stereocenters. The van der Waals surface area contributed by atoms with E-state index in [2.05, 4.69) is 10.2 Å². The van der Waals surface area contributed by atoms with Crippen molar-refractivity contribution >= 4 is 11.8 Å². The number of aromatic nitrogens is 2. The van der Waals surface area contributed by atoms with Gasteiger partial charge in [0.05, 0.1) is 0 Å². The van der Waals surface area contributed by atoms with Gasteiger partial charge < -0.3 is 15.6 Å². The van der Waals surface area contributed by atoms with Gasteiger partial charge in [0.25, 0.3) is 0 Å². The van der Waals surface area contributed by atoms with Gasteiger partial charge in [0.1, 0.15) is 11.5 Å².